The van der Waals surface area contributed by atoms with E-state index >= 15 is 0 Å². The molecule has 1 aromatic rings. The molecule has 0 radical (unpaired) electrons. The van der Waals surface area contributed by atoms with Crippen molar-refractivity contribution in [3.05, 3.63) is 42.1 Å². The smallest absolute Gasteiger partial charge is 0.246 e. The van der Waals surface area contributed by atoms with Crippen LogP contribution in [0.15, 0.2) is 36.5 Å². The highest BCUT2D eigenvalue weighted by atomic mass is 16.2. The molecular weight excluding hydrogens is 492 g/mol. The van der Waals surface area contributed by atoms with E-state index in [-0.39, 0.29) is 23.6 Å². The van der Waals surface area contributed by atoms with Crippen LogP contribution in [0.4, 0.5) is 5.69 Å². The van der Waals surface area contributed by atoms with Gasteiger partial charge in [0.1, 0.15) is 11.5 Å². The zero-order valence-corrected chi connectivity index (χ0v) is 24.1. The minimum Gasteiger partial charge on any atom is -0.355 e. The van der Waals surface area contributed by atoms with Gasteiger partial charge in [-0.2, -0.15) is 0 Å². The lowest BCUT2D eigenvalue weighted by Crippen LogP contribution is -2.58. The number of unbranched alkanes of at least 4 members (excludes halogenated alkanes) is 2. The van der Waals surface area contributed by atoms with Gasteiger partial charge in [-0.25, -0.2) is 0 Å². The Morgan fingerprint density at radius 3 is 2.33 bits per heavy atom. The molecule has 2 aliphatic rings. The lowest BCUT2D eigenvalue weighted by molar-refractivity contribution is -0.150. The maximum absolute atomic E-state index is 13.1. The second-order valence-corrected chi connectivity index (χ2v) is 11.5. The van der Waals surface area contributed by atoms with Crippen LogP contribution in [-0.4, -0.2) is 47.7 Å². The lowest BCUT2D eigenvalue weighted by atomic mass is 9.67. The molecule has 3 rings (SSSR count). The first kappa shape index (κ1) is 30.4. The number of rotatable bonds is 14. The lowest BCUT2D eigenvalue weighted by Gasteiger charge is -2.39. The van der Waals surface area contributed by atoms with Crippen molar-refractivity contribution in [1.82, 2.24) is 15.5 Å². The molecule has 1 aliphatic heterocycles. The van der Waals surface area contributed by atoms with Crippen molar-refractivity contribution >= 4 is 29.3 Å². The maximum atomic E-state index is 13.1. The Bertz CT molecular complexity index is 1050. The third kappa shape index (κ3) is 7.70. The second kappa shape index (κ2) is 13.8. The van der Waals surface area contributed by atoms with Crippen LogP contribution in [0.2, 0.25) is 0 Å². The largest absolute Gasteiger partial charge is 0.355 e. The first-order valence-corrected chi connectivity index (χ1v) is 14.6. The minimum atomic E-state index is -1.11. The van der Waals surface area contributed by atoms with Crippen LogP contribution in [0.5, 0.6) is 0 Å². The molecule has 2 fully saturated rings. The van der Waals surface area contributed by atoms with Crippen molar-refractivity contribution in [2.45, 2.75) is 91.5 Å². The SMILES string of the molecule is C=C1CC(C)C(=O)N1CCCCCNC(=O)C1(C(=O)N[C@@H](C)C(=O)Nc2ccc(CC(C)CC)cc2)CCC1. The molecule has 1 saturated carbocycles. The molecular formula is C31H46N4O4. The zero-order chi connectivity index (χ0) is 28.6. The molecule has 1 saturated heterocycles. The average molecular weight is 539 g/mol. The van der Waals surface area contributed by atoms with E-state index in [0.29, 0.717) is 37.5 Å². The Kier molecular flexibility index (Phi) is 10.7. The predicted octanol–water partition coefficient (Wildman–Crippen LogP) is 4.56. The van der Waals surface area contributed by atoms with E-state index in [1.807, 2.05) is 31.2 Å². The number of allylic oxidation sites excluding steroid dienone is 1. The molecule has 214 valence electrons. The van der Waals surface area contributed by atoms with Gasteiger partial charge in [0.05, 0.1) is 0 Å². The van der Waals surface area contributed by atoms with Crippen molar-refractivity contribution in [3.63, 3.8) is 0 Å². The van der Waals surface area contributed by atoms with Gasteiger partial charge < -0.3 is 20.9 Å². The summed E-state index contributed by atoms with van der Waals surface area (Å²) >= 11 is 0. The Morgan fingerprint density at radius 1 is 1.08 bits per heavy atom. The molecule has 0 bridgehead atoms. The summed E-state index contributed by atoms with van der Waals surface area (Å²) in [6, 6.07) is 7.02. The topological polar surface area (TPSA) is 108 Å². The Balaban J connectivity index is 1.40. The highest BCUT2D eigenvalue weighted by Gasteiger charge is 2.51. The van der Waals surface area contributed by atoms with Crippen LogP contribution in [0.1, 0.15) is 84.6 Å². The predicted molar refractivity (Wildman–Crippen MR) is 154 cm³/mol. The summed E-state index contributed by atoms with van der Waals surface area (Å²) in [4.78, 5) is 52.7. The second-order valence-electron chi connectivity index (χ2n) is 11.5. The standard InChI is InChI=1S/C31H46N4O4/c1-6-21(2)19-25-11-13-26(14-12-25)34-27(36)24(5)33-30(39)31(15-10-16-31)29(38)32-17-8-7-9-18-35-23(4)20-22(3)28(35)37/h11-14,21-22,24H,4,6-10,15-20H2,1-3,5H3,(H,32,38)(H,33,39)(H,34,36)/t21?,22?,24-/m0/s1. The molecule has 3 N–H and O–H groups in total. The first-order chi connectivity index (χ1) is 18.6. The van der Waals surface area contributed by atoms with Crippen LogP contribution >= 0.6 is 0 Å². The zero-order valence-electron chi connectivity index (χ0n) is 24.1. The van der Waals surface area contributed by atoms with Crippen LogP contribution < -0.4 is 16.0 Å². The van der Waals surface area contributed by atoms with E-state index in [0.717, 1.165) is 50.6 Å². The van der Waals surface area contributed by atoms with E-state index in [2.05, 4.69) is 36.4 Å². The summed E-state index contributed by atoms with van der Waals surface area (Å²) < 4.78 is 0. The number of carbonyl (C=O) groups is 4. The van der Waals surface area contributed by atoms with Gasteiger partial charge in [0.15, 0.2) is 0 Å². The number of anilines is 1. The van der Waals surface area contributed by atoms with Gasteiger partial charge >= 0.3 is 0 Å². The third-order valence-corrected chi connectivity index (χ3v) is 8.28. The van der Waals surface area contributed by atoms with Crippen molar-refractivity contribution in [1.29, 1.82) is 0 Å². The van der Waals surface area contributed by atoms with E-state index in [1.165, 1.54) is 5.56 Å². The molecule has 4 amide bonds. The number of amides is 4. The molecule has 0 aromatic heterocycles. The fourth-order valence-corrected chi connectivity index (χ4v) is 5.19. The molecule has 8 nitrogen and oxygen atoms in total. The van der Waals surface area contributed by atoms with Crippen molar-refractivity contribution in [2.75, 3.05) is 18.4 Å². The van der Waals surface area contributed by atoms with Gasteiger partial charge in [-0.05, 0) is 75.5 Å². The van der Waals surface area contributed by atoms with Crippen LogP contribution in [-0.2, 0) is 25.6 Å². The number of nitrogens with zero attached hydrogens (tertiary/aromatic N) is 1. The summed E-state index contributed by atoms with van der Waals surface area (Å²) in [5, 5.41) is 8.55. The molecule has 1 aromatic carbocycles. The Hall–Kier alpha value is -3.16. The number of nitrogens with one attached hydrogen (secondary N) is 3. The Morgan fingerprint density at radius 2 is 1.77 bits per heavy atom. The van der Waals surface area contributed by atoms with Crippen LogP contribution in [0, 0.1) is 17.3 Å². The molecule has 0 spiro atoms. The maximum Gasteiger partial charge on any atom is 0.246 e. The minimum absolute atomic E-state index is 0.0151. The fraction of sp³-hybridized carbons (Fsp3) is 0.613. The molecule has 39 heavy (non-hydrogen) atoms. The summed E-state index contributed by atoms with van der Waals surface area (Å²) in [7, 11) is 0. The summed E-state index contributed by atoms with van der Waals surface area (Å²) in [6.45, 7) is 13.1. The molecule has 1 aliphatic carbocycles. The number of carbonyl (C=O) groups excluding carboxylic acids is 4. The normalized spacial score (nSPS) is 19.7. The molecule has 3 atom stereocenters. The third-order valence-electron chi connectivity index (χ3n) is 8.28. The highest BCUT2D eigenvalue weighted by Crippen LogP contribution is 2.41. The fourth-order valence-electron chi connectivity index (χ4n) is 5.19. The van der Waals surface area contributed by atoms with Gasteiger partial charge in [0, 0.05) is 30.4 Å². The summed E-state index contributed by atoms with van der Waals surface area (Å²) in [5.74, 6) is -0.217. The van der Waals surface area contributed by atoms with Gasteiger partial charge in [0.2, 0.25) is 23.6 Å². The van der Waals surface area contributed by atoms with E-state index in [1.54, 1.807) is 11.8 Å². The monoisotopic (exact) mass is 538 g/mol. The highest BCUT2D eigenvalue weighted by molar-refractivity contribution is 6.07. The quantitative estimate of drug-likeness (QED) is 0.238. The first-order valence-electron chi connectivity index (χ1n) is 14.6. The van der Waals surface area contributed by atoms with Gasteiger partial charge in [0.25, 0.3) is 0 Å². The number of benzene rings is 1. The van der Waals surface area contributed by atoms with Gasteiger partial charge in [-0.15, -0.1) is 0 Å². The van der Waals surface area contributed by atoms with Crippen LogP contribution in [0.25, 0.3) is 0 Å². The van der Waals surface area contributed by atoms with Crippen molar-refractivity contribution < 1.29 is 19.2 Å². The van der Waals surface area contributed by atoms with E-state index in [4.69, 9.17) is 0 Å². The Labute approximate surface area is 233 Å². The summed E-state index contributed by atoms with van der Waals surface area (Å²) in [5.41, 5.74) is 1.68. The van der Waals surface area contributed by atoms with Crippen molar-refractivity contribution in [2.24, 2.45) is 17.3 Å². The van der Waals surface area contributed by atoms with Crippen molar-refractivity contribution in [3.8, 4) is 0 Å². The van der Waals surface area contributed by atoms with Crippen LogP contribution in [0.3, 0.4) is 0 Å². The molecule has 8 heteroatoms. The van der Waals surface area contributed by atoms with Gasteiger partial charge in [-0.3, -0.25) is 19.2 Å². The molecule has 1 heterocycles. The van der Waals surface area contributed by atoms with E-state index in [9.17, 15) is 19.2 Å². The number of hydrogen-bond donors (Lipinski definition) is 3. The number of likely N-dealkylation sites (tertiary alicyclic amines) is 1. The van der Waals surface area contributed by atoms with E-state index < -0.39 is 17.4 Å². The summed E-state index contributed by atoms with van der Waals surface area (Å²) in [6.07, 6.45) is 7.07. The average Bonchev–Trinajstić information content (AvgIpc) is 3.11. The number of hydrogen-bond acceptors (Lipinski definition) is 4. The molecule has 2 unspecified atom stereocenters. The van der Waals surface area contributed by atoms with Gasteiger partial charge in [-0.1, -0.05) is 52.3 Å².